The van der Waals surface area contributed by atoms with Crippen LogP contribution in [0.1, 0.15) is 46.0 Å². The third-order valence-electron chi connectivity index (χ3n) is 6.42. The van der Waals surface area contributed by atoms with E-state index in [9.17, 15) is 13.2 Å². The molecule has 0 spiro atoms. The van der Waals surface area contributed by atoms with Crippen LogP contribution in [-0.4, -0.2) is 69.4 Å². The van der Waals surface area contributed by atoms with Gasteiger partial charge in [-0.3, -0.25) is 4.79 Å². The molecule has 2 fully saturated rings. The minimum Gasteiger partial charge on any atom is -0.494 e. The maximum atomic E-state index is 12.9. The lowest BCUT2D eigenvalue weighted by molar-refractivity contribution is -0.126. The predicted molar refractivity (Wildman–Crippen MR) is 122 cm³/mol. The van der Waals surface area contributed by atoms with Gasteiger partial charge in [0.25, 0.3) is 0 Å². The van der Waals surface area contributed by atoms with E-state index in [1.165, 1.54) is 17.1 Å². The van der Waals surface area contributed by atoms with Gasteiger partial charge in [-0.15, -0.1) is 0 Å². The Morgan fingerprint density at radius 3 is 2.32 bits per heavy atom. The summed E-state index contributed by atoms with van der Waals surface area (Å²) in [4.78, 5) is 15.3. The summed E-state index contributed by atoms with van der Waals surface area (Å²) in [5.41, 5.74) is 0. The Balaban J connectivity index is 1.39. The number of likely N-dealkylation sites (tertiary alicyclic amines) is 1. The summed E-state index contributed by atoms with van der Waals surface area (Å²) in [7, 11) is -3.54. The van der Waals surface area contributed by atoms with Gasteiger partial charge in [-0.25, -0.2) is 8.42 Å². The molecule has 0 unspecified atom stereocenters. The highest BCUT2D eigenvalue weighted by Crippen LogP contribution is 2.25. The molecule has 2 saturated heterocycles. The molecule has 1 aromatic carbocycles. The van der Waals surface area contributed by atoms with E-state index in [2.05, 4.69) is 17.1 Å². The van der Waals surface area contributed by atoms with Gasteiger partial charge in [0.2, 0.25) is 15.9 Å². The van der Waals surface area contributed by atoms with Crippen LogP contribution in [0, 0.1) is 11.8 Å². The van der Waals surface area contributed by atoms with E-state index in [4.69, 9.17) is 4.74 Å². The number of hydrogen-bond donors (Lipinski definition) is 1. The van der Waals surface area contributed by atoms with Crippen molar-refractivity contribution in [2.75, 3.05) is 45.9 Å². The molecule has 2 heterocycles. The van der Waals surface area contributed by atoms with E-state index >= 15 is 0 Å². The maximum absolute atomic E-state index is 12.9. The summed E-state index contributed by atoms with van der Waals surface area (Å²) in [6.45, 7) is 9.54. The molecule has 2 aliphatic heterocycles. The summed E-state index contributed by atoms with van der Waals surface area (Å²) in [5, 5.41) is 3.06. The zero-order valence-corrected chi connectivity index (χ0v) is 19.7. The number of carbonyl (C=O) groups is 1. The highest BCUT2D eigenvalue weighted by atomic mass is 32.2. The number of benzene rings is 1. The van der Waals surface area contributed by atoms with Crippen molar-refractivity contribution < 1.29 is 17.9 Å². The van der Waals surface area contributed by atoms with Gasteiger partial charge in [0.15, 0.2) is 0 Å². The van der Waals surface area contributed by atoms with Crippen LogP contribution in [-0.2, 0) is 14.8 Å². The second-order valence-corrected chi connectivity index (χ2v) is 10.7. The number of rotatable bonds is 9. The first-order chi connectivity index (χ1) is 14.9. The Hall–Kier alpha value is -1.64. The van der Waals surface area contributed by atoms with Crippen LogP contribution >= 0.6 is 0 Å². The van der Waals surface area contributed by atoms with Gasteiger partial charge in [0.05, 0.1) is 11.5 Å². The molecule has 1 N–H and O–H groups in total. The Morgan fingerprint density at radius 2 is 1.71 bits per heavy atom. The fourth-order valence-electron chi connectivity index (χ4n) is 4.33. The van der Waals surface area contributed by atoms with Gasteiger partial charge in [0.1, 0.15) is 5.75 Å². The number of ether oxygens (including phenoxy) is 1. The summed E-state index contributed by atoms with van der Waals surface area (Å²) < 4.78 is 32.7. The second-order valence-electron chi connectivity index (χ2n) is 8.75. The van der Waals surface area contributed by atoms with Crippen LogP contribution in [0.3, 0.4) is 0 Å². The van der Waals surface area contributed by atoms with E-state index in [0.717, 1.165) is 32.0 Å². The first-order valence-corrected chi connectivity index (χ1v) is 13.1. The van der Waals surface area contributed by atoms with E-state index in [0.29, 0.717) is 44.8 Å². The third-order valence-corrected chi connectivity index (χ3v) is 8.34. The molecule has 0 saturated carbocycles. The van der Waals surface area contributed by atoms with Gasteiger partial charge in [0, 0.05) is 25.6 Å². The Bertz CT molecular complexity index is 797. The van der Waals surface area contributed by atoms with Crippen molar-refractivity contribution >= 4 is 15.9 Å². The number of carbonyl (C=O) groups excluding carboxylic acids is 1. The number of amides is 1. The van der Waals surface area contributed by atoms with E-state index in [-0.39, 0.29) is 16.7 Å². The Labute approximate surface area is 187 Å². The van der Waals surface area contributed by atoms with Gasteiger partial charge < -0.3 is 15.0 Å². The van der Waals surface area contributed by atoms with Crippen molar-refractivity contribution in [1.29, 1.82) is 0 Å². The van der Waals surface area contributed by atoms with Gasteiger partial charge in [-0.2, -0.15) is 4.31 Å². The monoisotopic (exact) mass is 451 g/mol. The van der Waals surface area contributed by atoms with Crippen LogP contribution in [0.4, 0.5) is 0 Å². The molecule has 0 radical (unpaired) electrons. The first kappa shape index (κ1) is 24.0. The molecule has 1 amide bonds. The Morgan fingerprint density at radius 1 is 1.06 bits per heavy atom. The quantitative estimate of drug-likeness (QED) is 0.584. The third kappa shape index (κ3) is 6.67. The predicted octanol–water partition coefficient (Wildman–Crippen LogP) is 2.72. The highest BCUT2D eigenvalue weighted by molar-refractivity contribution is 7.89. The zero-order valence-electron chi connectivity index (χ0n) is 18.9. The van der Waals surface area contributed by atoms with Crippen LogP contribution in [0.5, 0.6) is 5.75 Å². The summed E-state index contributed by atoms with van der Waals surface area (Å²) >= 11 is 0. The van der Waals surface area contributed by atoms with Crippen LogP contribution in [0.25, 0.3) is 0 Å². The maximum Gasteiger partial charge on any atom is 0.243 e. The average molecular weight is 452 g/mol. The highest BCUT2D eigenvalue weighted by Gasteiger charge is 2.32. The van der Waals surface area contributed by atoms with Gasteiger partial charge in [-0.1, -0.05) is 6.92 Å². The lowest BCUT2D eigenvalue weighted by Gasteiger charge is -2.31. The fraction of sp³-hybridized carbons (Fsp3) is 0.696. The lowest BCUT2D eigenvalue weighted by atomic mass is 9.97. The minimum atomic E-state index is -3.54. The van der Waals surface area contributed by atoms with Gasteiger partial charge >= 0.3 is 0 Å². The van der Waals surface area contributed by atoms with Gasteiger partial charge in [-0.05, 0) is 88.8 Å². The fourth-order valence-corrected chi connectivity index (χ4v) is 5.80. The molecule has 7 nitrogen and oxygen atoms in total. The molecule has 2 aliphatic rings. The molecule has 0 aliphatic carbocycles. The number of nitrogens with zero attached hydrogens (tertiary/aromatic N) is 2. The summed E-state index contributed by atoms with van der Waals surface area (Å²) in [5.74, 6) is 1.44. The van der Waals surface area contributed by atoms with Crippen LogP contribution in [0.2, 0.25) is 0 Å². The van der Waals surface area contributed by atoms with Crippen molar-refractivity contribution in [3.8, 4) is 5.75 Å². The van der Waals surface area contributed by atoms with Crippen molar-refractivity contribution in [2.45, 2.75) is 50.8 Å². The Kier molecular flexibility index (Phi) is 8.75. The molecule has 31 heavy (non-hydrogen) atoms. The number of nitrogens with one attached hydrogen (secondary N) is 1. The largest absolute Gasteiger partial charge is 0.494 e. The molecule has 1 aromatic rings. The van der Waals surface area contributed by atoms with Crippen molar-refractivity contribution in [1.82, 2.24) is 14.5 Å². The van der Waals surface area contributed by atoms with E-state index in [1.807, 2.05) is 6.92 Å². The smallest absolute Gasteiger partial charge is 0.243 e. The molecule has 3 rings (SSSR count). The number of piperidine rings is 2. The minimum absolute atomic E-state index is 0.0605. The molecular weight excluding hydrogens is 414 g/mol. The van der Waals surface area contributed by atoms with Crippen LogP contribution < -0.4 is 10.1 Å². The molecule has 0 atom stereocenters. The molecule has 0 bridgehead atoms. The van der Waals surface area contributed by atoms with E-state index in [1.54, 1.807) is 24.3 Å². The molecular formula is C23H37N3O4S. The van der Waals surface area contributed by atoms with Crippen molar-refractivity contribution in [3.05, 3.63) is 24.3 Å². The SMILES string of the molecule is CCOc1ccc(S(=O)(=O)N2CCC(C(=O)NCCCN3CCC(C)CC3)CC2)cc1. The number of sulfonamides is 1. The van der Waals surface area contributed by atoms with Crippen molar-refractivity contribution in [2.24, 2.45) is 11.8 Å². The first-order valence-electron chi connectivity index (χ1n) is 11.6. The molecule has 8 heteroatoms. The standard InChI is InChI=1S/C23H37N3O4S/c1-3-30-21-5-7-22(8-6-21)31(28,29)26-17-11-20(12-18-26)23(27)24-13-4-14-25-15-9-19(2)10-16-25/h5-8,19-20H,3-4,9-18H2,1-2H3,(H,24,27). The van der Waals surface area contributed by atoms with Crippen molar-refractivity contribution in [3.63, 3.8) is 0 Å². The average Bonchev–Trinajstić information content (AvgIpc) is 2.78. The lowest BCUT2D eigenvalue weighted by Crippen LogP contribution is -2.43. The second kappa shape index (κ2) is 11.3. The van der Waals surface area contributed by atoms with E-state index < -0.39 is 10.0 Å². The van der Waals surface area contributed by atoms with Crippen LogP contribution in [0.15, 0.2) is 29.2 Å². The molecule has 0 aromatic heterocycles. The zero-order chi connectivity index (χ0) is 22.3. The summed E-state index contributed by atoms with van der Waals surface area (Å²) in [6.07, 6.45) is 4.62. The molecule has 174 valence electrons. The normalized spacial score (nSPS) is 19.9. The topological polar surface area (TPSA) is 79.0 Å². The summed E-state index contributed by atoms with van der Waals surface area (Å²) in [6, 6.07) is 6.53. The number of hydrogen-bond acceptors (Lipinski definition) is 5.